The number of hydrogen-bond acceptors (Lipinski definition) is 3. The molecule has 0 spiro atoms. The summed E-state index contributed by atoms with van der Waals surface area (Å²) < 4.78 is 5.33. The number of aromatic amines is 1. The molecule has 1 aliphatic heterocycles. The quantitative estimate of drug-likeness (QED) is 0.730. The molecule has 4 heteroatoms. The van der Waals surface area contributed by atoms with Crippen LogP contribution < -0.4 is 5.73 Å². The minimum Gasteiger partial charge on any atom is -0.379 e. The zero-order valence-electron chi connectivity index (χ0n) is 8.36. The van der Waals surface area contributed by atoms with Gasteiger partial charge in [-0.05, 0) is 18.6 Å². The normalized spacial score (nSPS) is 26.2. The van der Waals surface area contributed by atoms with Crippen molar-refractivity contribution < 1.29 is 4.74 Å². The summed E-state index contributed by atoms with van der Waals surface area (Å²) in [6, 6.07) is 7.94. The summed E-state index contributed by atoms with van der Waals surface area (Å²) in [4.78, 5) is 7.77. The van der Waals surface area contributed by atoms with Crippen LogP contribution in [0.5, 0.6) is 0 Å². The minimum absolute atomic E-state index is 0.432. The first-order valence-electron chi connectivity index (χ1n) is 5.10. The molecule has 1 aromatic heterocycles. The smallest absolute Gasteiger partial charge is 0.129 e. The lowest BCUT2D eigenvalue weighted by Gasteiger charge is -2.17. The van der Waals surface area contributed by atoms with Gasteiger partial charge in [0.25, 0.3) is 0 Å². The fourth-order valence-corrected chi connectivity index (χ4v) is 1.96. The van der Waals surface area contributed by atoms with Crippen LogP contribution in [0.3, 0.4) is 0 Å². The van der Waals surface area contributed by atoms with E-state index < -0.39 is 5.54 Å². The van der Waals surface area contributed by atoms with Crippen LogP contribution in [-0.4, -0.2) is 23.2 Å². The van der Waals surface area contributed by atoms with E-state index in [0.29, 0.717) is 13.2 Å². The lowest BCUT2D eigenvalue weighted by atomic mass is 10.00. The molecule has 3 rings (SSSR count). The number of para-hydroxylation sites is 2. The van der Waals surface area contributed by atoms with E-state index in [0.717, 1.165) is 23.3 Å². The monoisotopic (exact) mass is 203 g/mol. The molecule has 78 valence electrons. The second-order valence-corrected chi connectivity index (χ2v) is 4.06. The van der Waals surface area contributed by atoms with Crippen molar-refractivity contribution in [2.24, 2.45) is 5.73 Å². The molecule has 0 saturated carbocycles. The van der Waals surface area contributed by atoms with Crippen molar-refractivity contribution >= 4 is 11.0 Å². The number of fused-ring (bicyclic) bond motifs is 1. The summed E-state index contributed by atoms with van der Waals surface area (Å²) >= 11 is 0. The predicted molar refractivity (Wildman–Crippen MR) is 57.4 cm³/mol. The molecule has 1 unspecified atom stereocenters. The van der Waals surface area contributed by atoms with E-state index in [1.807, 2.05) is 24.3 Å². The first-order chi connectivity index (χ1) is 7.28. The van der Waals surface area contributed by atoms with Crippen LogP contribution >= 0.6 is 0 Å². The number of nitrogens with two attached hydrogens (primary N) is 1. The van der Waals surface area contributed by atoms with Crippen LogP contribution in [0.1, 0.15) is 12.2 Å². The maximum Gasteiger partial charge on any atom is 0.129 e. The molecule has 1 aromatic carbocycles. The van der Waals surface area contributed by atoms with E-state index in [-0.39, 0.29) is 0 Å². The highest BCUT2D eigenvalue weighted by molar-refractivity contribution is 5.74. The molecule has 0 bridgehead atoms. The molecule has 0 amide bonds. The lowest BCUT2D eigenvalue weighted by Crippen LogP contribution is -2.38. The van der Waals surface area contributed by atoms with Crippen molar-refractivity contribution in [2.75, 3.05) is 13.2 Å². The van der Waals surface area contributed by atoms with Gasteiger partial charge in [-0.2, -0.15) is 0 Å². The van der Waals surface area contributed by atoms with Crippen molar-refractivity contribution in [3.63, 3.8) is 0 Å². The van der Waals surface area contributed by atoms with Gasteiger partial charge < -0.3 is 15.5 Å². The van der Waals surface area contributed by atoms with Crippen LogP contribution in [0, 0.1) is 0 Å². The van der Waals surface area contributed by atoms with Crippen LogP contribution in [0.25, 0.3) is 11.0 Å². The molecule has 0 aliphatic carbocycles. The number of nitrogens with zero attached hydrogens (tertiary/aromatic N) is 1. The van der Waals surface area contributed by atoms with Crippen LogP contribution in [-0.2, 0) is 10.3 Å². The zero-order chi connectivity index (χ0) is 10.3. The molecule has 1 aliphatic rings. The third-order valence-electron chi connectivity index (χ3n) is 2.91. The Hall–Kier alpha value is -1.39. The minimum atomic E-state index is -0.432. The van der Waals surface area contributed by atoms with E-state index in [1.165, 1.54) is 0 Å². The van der Waals surface area contributed by atoms with E-state index in [1.54, 1.807) is 0 Å². The number of nitrogens with one attached hydrogen (secondary N) is 1. The molecule has 0 radical (unpaired) electrons. The van der Waals surface area contributed by atoms with Gasteiger partial charge in [0, 0.05) is 6.61 Å². The first-order valence-corrected chi connectivity index (χ1v) is 5.10. The van der Waals surface area contributed by atoms with E-state index in [2.05, 4.69) is 9.97 Å². The van der Waals surface area contributed by atoms with Crippen molar-refractivity contribution in [3.05, 3.63) is 30.1 Å². The van der Waals surface area contributed by atoms with E-state index >= 15 is 0 Å². The van der Waals surface area contributed by atoms with Gasteiger partial charge in [0.05, 0.1) is 17.6 Å². The first kappa shape index (κ1) is 8.88. The Morgan fingerprint density at radius 2 is 2.27 bits per heavy atom. The molecular formula is C11H13N3O. The number of aromatic nitrogens is 2. The Bertz CT molecular complexity index is 452. The zero-order valence-corrected chi connectivity index (χ0v) is 8.36. The highest BCUT2D eigenvalue weighted by Gasteiger charge is 2.35. The van der Waals surface area contributed by atoms with Crippen molar-refractivity contribution in [2.45, 2.75) is 12.0 Å². The van der Waals surface area contributed by atoms with Crippen molar-refractivity contribution in [3.8, 4) is 0 Å². The fraction of sp³-hybridized carbons (Fsp3) is 0.364. The molecule has 3 N–H and O–H groups in total. The van der Waals surface area contributed by atoms with Crippen LogP contribution in [0.4, 0.5) is 0 Å². The summed E-state index contributed by atoms with van der Waals surface area (Å²) in [5, 5.41) is 0. The number of ether oxygens (including phenoxy) is 1. The average molecular weight is 203 g/mol. The summed E-state index contributed by atoms with van der Waals surface area (Å²) in [6.45, 7) is 1.26. The second-order valence-electron chi connectivity index (χ2n) is 4.06. The number of rotatable bonds is 1. The van der Waals surface area contributed by atoms with E-state index in [9.17, 15) is 0 Å². The summed E-state index contributed by atoms with van der Waals surface area (Å²) in [5.74, 6) is 0.834. The Morgan fingerprint density at radius 1 is 1.40 bits per heavy atom. The van der Waals surface area contributed by atoms with Gasteiger partial charge in [-0.1, -0.05) is 12.1 Å². The summed E-state index contributed by atoms with van der Waals surface area (Å²) in [7, 11) is 0. The topological polar surface area (TPSA) is 63.9 Å². The standard InChI is InChI=1S/C11H13N3O/c12-11(5-6-15-7-11)10-13-8-3-1-2-4-9(8)14-10/h1-4H,5-7,12H2,(H,13,14). The van der Waals surface area contributed by atoms with Crippen LogP contribution in [0.15, 0.2) is 24.3 Å². The van der Waals surface area contributed by atoms with Gasteiger partial charge in [0.2, 0.25) is 0 Å². The number of hydrogen-bond donors (Lipinski definition) is 2. The Kier molecular flexibility index (Phi) is 1.81. The summed E-state index contributed by atoms with van der Waals surface area (Å²) in [6.07, 6.45) is 0.826. The molecule has 15 heavy (non-hydrogen) atoms. The lowest BCUT2D eigenvalue weighted by molar-refractivity contribution is 0.176. The second kappa shape index (κ2) is 3.05. The molecule has 1 fully saturated rings. The van der Waals surface area contributed by atoms with E-state index in [4.69, 9.17) is 10.5 Å². The fourth-order valence-electron chi connectivity index (χ4n) is 1.96. The Morgan fingerprint density at radius 3 is 3.00 bits per heavy atom. The highest BCUT2D eigenvalue weighted by Crippen LogP contribution is 2.26. The van der Waals surface area contributed by atoms with Crippen molar-refractivity contribution in [1.29, 1.82) is 0 Å². The highest BCUT2D eigenvalue weighted by atomic mass is 16.5. The van der Waals surface area contributed by atoms with Gasteiger partial charge in [-0.25, -0.2) is 4.98 Å². The Balaban J connectivity index is 2.11. The van der Waals surface area contributed by atoms with Gasteiger partial charge in [-0.15, -0.1) is 0 Å². The molecule has 4 nitrogen and oxygen atoms in total. The SMILES string of the molecule is NC1(c2nc3ccccc3[nH]2)CCOC1. The largest absolute Gasteiger partial charge is 0.379 e. The predicted octanol–water partition coefficient (Wildman–Crippen LogP) is 1.14. The van der Waals surface area contributed by atoms with Gasteiger partial charge >= 0.3 is 0 Å². The van der Waals surface area contributed by atoms with Gasteiger partial charge in [-0.3, -0.25) is 0 Å². The number of H-pyrrole nitrogens is 1. The number of imidazole rings is 1. The van der Waals surface area contributed by atoms with Crippen molar-refractivity contribution in [1.82, 2.24) is 9.97 Å². The maximum atomic E-state index is 6.23. The van der Waals surface area contributed by atoms with Crippen LogP contribution in [0.2, 0.25) is 0 Å². The molecule has 2 heterocycles. The molecular weight excluding hydrogens is 190 g/mol. The third-order valence-corrected chi connectivity index (χ3v) is 2.91. The molecule has 1 saturated heterocycles. The molecule has 1 atom stereocenters. The van der Waals surface area contributed by atoms with Gasteiger partial charge in [0.15, 0.2) is 0 Å². The third kappa shape index (κ3) is 1.33. The summed E-state index contributed by atoms with van der Waals surface area (Å²) in [5.41, 5.74) is 7.79. The number of benzene rings is 1. The average Bonchev–Trinajstić information content (AvgIpc) is 2.84. The molecule has 2 aromatic rings. The van der Waals surface area contributed by atoms with Gasteiger partial charge in [0.1, 0.15) is 11.4 Å². The Labute approximate surface area is 87.4 Å². The maximum absolute atomic E-state index is 6.23.